The largest absolute Gasteiger partial charge is 0.481 e. The van der Waals surface area contributed by atoms with E-state index in [-0.39, 0.29) is 17.9 Å². The molecule has 2 aliphatic rings. The van der Waals surface area contributed by atoms with E-state index in [4.69, 9.17) is 4.42 Å². The first kappa shape index (κ1) is 13.9. The molecular formula is C16H19NO4. The van der Waals surface area contributed by atoms with E-state index in [2.05, 4.69) is 5.32 Å². The van der Waals surface area contributed by atoms with E-state index in [1.807, 2.05) is 13.0 Å². The van der Waals surface area contributed by atoms with Crippen LogP contribution in [0.15, 0.2) is 22.6 Å². The van der Waals surface area contributed by atoms with Gasteiger partial charge in [0, 0.05) is 12.1 Å². The number of rotatable bonds is 4. The number of hydrogen-bond donors (Lipinski definition) is 2. The summed E-state index contributed by atoms with van der Waals surface area (Å²) in [5.41, 5.74) is 0. The summed E-state index contributed by atoms with van der Waals surface area (Å²) in [7, 11) is 0. The maximum Gasteiger partial charge on any atom is 0.308 e. The van der Waals surface area contributed by atoms with Crippen molar-refractivity contribution in [1.29, 1.82) is 0 Å². The quantitative estimate of drug-likeness (QED) is 0.833. The minimum Gasteiger partial charge on any atom is -0.481 e. The van der Waals surface area contributed by atoms with Crippen LogP contribution in [0, 0.1) is 24.7 Å². The van der Waals surface area contributed by atoms with Crippen molar-refractivity contribution in [3.8, 4) is 0 Å². The molecule has 112 valence electrons. The summed E-state index contributed by atoms with van der Waals surface area (Å²) in [6, 6.07) is 3.38. The number of carboxylic acid groups (broad SMARTS) is 1. The summed E-state index contributed by atoms with van der Waals surface area (Å²) in [4.78, 5) is 23.4. The van der Waals surface area contributed by atoms with Gasteiger partial charge in [-0.15, -0.1) is 0 Å². The normalized spacial score (nSPS) is 30.9. The van der Waals surface area contributed by atoms with Crippen LogP contribution in [0.2, 0.25) is 0 Å². The Hall–Kier alpha value is -2.04. The van der Waals surface area contributed by atoms with E-state index in [0.717, 1.165) is 25.0 Å². The van der Waals surface area contributed by atoms with E-state index >= 15 is 0 Å². The zero-order chi connectivity index (χ0) is 15.0. The average molecular weight is 289 g/mol. The highest BCUT2D eigenvalue weighted by Crippen LogP contribution is 2.48. The van der Waals surface area contributed by atoms with E-state index in [1.54, 1.807) is 12.1 Å². The topological polar surface area (TPSA) is 79.5 Å². The molecule has 0 saturated heterocycles. The SMILES string of the molecule is Cc1ccc(/C=C/C(=O)NC2C3CCC(C3)C2C(=O)O)o1. The van der Waals surface area contributed by atoms with Crippen LogP contribution < -0.4 is 5.32 Å². The number of aryl methyl sites for hydroxylation is 1. The zero-order valence-electron chi connectivity index (χ0n) is 11.9. The van der Waals surface area contributed by atoms with Gasteiger partial charge in [0.05, 0.1) is 5.92 Å². The molecule has 21 heavy (non-hydrogen) atoms. The van der Waals surface area contributed by atoms with Crippen LogP contribution in [-0.2, 0) is 9.59 Å². The lowest BCUT2D eigenvalue weighted by Crippen LogP contribution is -2.46. The third kappa shape index (κ3) is 2.73. The molecule has 2 saturated carbocycles. The molecular weight excluding hydrogens is 270 g/mol. The standard InChI is InChI=1S/C16H19NO4/c1-9-2-5-12(21-9)6-7-13(18)17-15-11-4-3-10(8-11)14(15)16(19)20/h2,5-7,10-11,14-15H,3-4,8H2,1H3,(H,17,18)(H,19,20)/b7-6+. The Morgan fingerprint density at radius 1 is 1.33 bits per heavy atom. The maximum absolute atomic E-state index is 12.0. The Morgan fingerprint density at radius 2 is 2.10 bits per heavy atom. The van der Waals surface area contributed by atoms with Crippen LogP contribution in [0.5, 0.6) is 0 Å². The molecule has 5 nitrogen and oxygen atoms in total. The lowest BCUT2D eigenvalue weighted by Gasteiger charge is -2.28. The second-order valence-corrected chi connectivity index (χ2v) is 6.01. The molecule has 2 aliphatic carbocycles. The fourth-order valence-corrected chi connectivity index (χ4v) is 3.77. The van der Waals surface area contributed by atoms with E-state index in [1.165, 1.54) is 6.08 Å². The summed E-state index contributed by atoms with van der Waals surface area (Å²) < 4.78 is 5.35. The highest BCUT2D eigenvalue weighted by Gasteiger charge is 2.51. The first-order valence-corrected chi connectivity index (χ1v) is 7.32. The van der Waals surface area contributed by atoms with Crippen LogP contribution in [-0.4, -0.2) is 23.0 Å². The fourth-order valence-electron chi connectivity index (χ4n) is 3.77. The van der Waals surface area contributed by atoms with Gasteiger partial charge in [0.2, 0.25) is 5.91 Å². The van der Waals surface area contributed by atoms with E-state index < -0.39 is 11.9 Å². The van der Waals surface area contributed by atoms with Crippen molar-refractivity contribution in [1.82, 2.24) is 5.32 Å². The van der Waals surface area contributed by atoms with Gasteiger partial charge < -0.3 is 14.8 Å². The third-order valence-electron chi connectivity index (χ3n) is 4.67. The van der Waals surface area contributed by atoms with Gasteiger partial charge in [0.15, 0.2) is 0 Å². The molecule has 1 aromatic rings. The summed E-state index contributed by atoms with van der Waals surface area (Å²) >= 11 is 0. The van der Waals surface area contributed by atoms with Gasteiger partial charge in [-0.3, -0.25) is 9.59 Å². The van der Waals surface area contributed by atoms with Crippen LogP contribution >= 0.6 is 0 Å². The highest BCUT2D eigenvalue weighted by atomic mass is 16.4. The van der Waals surface area contributed by atoms with Gasteiger partial charge in [-0.1, -0.05) is 0 Å². The summed E-state index contributed by atoms with van der Waals surface area (Å²) in [6.07, 6.45) is 5.91. The molecule has 3 rings (SSSR count). The fraction of sp³-hybridized carbons (Fsp3) is 0.500. The molecule has 1 amide bonds. The molecule has 2 fully saturated rings. The lowest BCUT2D eigenvalue weighted by atomic mass is 9.84. The number of carbonyl (C=O) groups excluding carboxylic acids is 1. The Kier molecular flexibility index (Phi) is 3.57. The molecule has 2 bridgehead atoms. The Balaban J connectivity index is 1.64. The number of nitrogens with one attached hydrogen (secondary N) is 1. The molecule has 1 heterocycles. The Bertz CT molecular complexity index is 589. The van der Waals surface area contributed by atoms with Crippen molar-refractivity contribution >= 4 is 18.0 Å². The molecule has 0 aromatic carbocycles. The van der Waals surface area contributed by atoms with Crippen LogP contribution in [0.1, 0.15) is 30.8 Å². The number of carbonyl (C=O) groups is 2. The smallest absolute Gasteiger partial charge is 0.308 e. The summed E-state index contributed by atoms with van der Waals surface area (Å²) in [5, 5.41) is 12.2. The highest BCUT2D eigenvalue weighted by molar-refractivity contribution is 5.92. The molecule has 5 heteroatoms. The van der Waals surface area contributed by atoms with Crippen molar-refractivity contribution in [2.75, 3.05) is 0 Å². The number of furan rings is 1. The number of fused-ring (bicyclic) bond motifs is 2. The summed E-state index contributed by atoms with van der Waals surface area (Å²) in [6.45, 7) is 1.84. The zero-order valence-corrected chi connectivity index (χ0v) is 11.9. The van der Waals surface area contributed by atoms with Crippen LogP contribution in [0.3, 0.4) is 0 Å². The number of amides is 1. The van der Waals surface area contributed by atoms with Crippen LogP contribution in [0.4, 0.5) is 0 Å². The number of aliphatic carboxylic acids is 1. The average Bonchev–Trinajstić information content (AvgIpc) is 3.11. The second-order valence-electron chi connectivity index (χ2n) is 6.01. The predicted octanol–water partition coefficient (Wildman–Crippen LogP) is 2.22. The van der Waals surface area contributed by atoms with Crippen molar-refractivity contribution in [2.24, 2.45) is 17.8 Å². The predicted molar refractivity (Wildman–Crippen MR) is 76.4 cm³/mol. The van der Waals surface area contributed by atoms with Gasteiger partial charge in [0.1, 0.15) is 11.5 Å². The van der Waals surface area contributed by atoms with Gasteiger partial charge in [0.25, 0.3) is 0 Å². The monoisotopic (exact) mass is 289 g/mol. The van der Waals surface area contributed by atoms with Gasteiger partial charge in [-0.2, -0.15) is 0 Å². The van der Waals surface area contributed by atoms with Crippen LogP contribution in [0.25, 0.3) is 6.08 Å². The van der Waals surface area contributed by atoms with E-state index in [9.17, 15) is 14.7 Å². The Morgan fingerprint density at radius 3 is 2.76 bits per heavy atom. The molecule has 1 aromatic heterocycles. The van der Waals surface area contributed by atoms with Gasteiger partial charge in [-0.05, 0) is 56.2 Å². The maximum atomic E-state index is 12.0. The molecule has 4 atom stereocenters. The minimum absolute atomic E-state index is 0.217. The minimum atomic E-state index is -0.793. The first-order valence-electron chi connectivity index (χ1n) is 7.32. The molecule has 0 spiro atoms. The lowest BCUT2D eigenvalue weighted by molar-refractivity contribution is -0.144. The number of hydrogen-bond acceptors (Lipinski definition) is 3. The van der Waals surface area contributed by atoms with Crippen molar-refractivity contribution in [3.63, 3.8) is 0 Å². The molecule has 4 unspecified atom stereocenters. The van der Waals surface area contributed by atoms with Crippen molar-refractivity contribution in [2.45, 2.75) is 32.2 Å². The molecule has 0 aliphatic heterocycles. The van der Waals surface area contributed by atoms with Crippen molar-refractivity contribution in [3.05, 3.63) is 29.7 Å². The van der Waals surface area contributed by atoms with Gasteiger partial charge in [-0.25, -0.2) is 0 Å². The molecule has 0 radical (unpaired) electrons. The molecule has 2 N–H and O–H groups in total. The first-order chi connectivity index (χ1) is 10.0. The summed E-state index contributed by atoms with van der Waals surface area (Å²) in [5.74, 6) is 0.436. The van der Waals surface area contributed by atoms with Gasteiger partial charge >= 0.3 is 5.97 Å². The second kappa shape index (κ2) is 5.39. The number of carboxylic acids is 1. The Labute approximate surface area is 123 Å². The van der Waals surface area contributed by atoms with E-state index in [0.29, 0.717) is 11.7 Å². The third-order valence-corrected chi connectivity index (χ3v) is 4.67. The van der Waals surface area contributed by atoms with Crippen molar-refractivity contribution < 1.29 is 19.1 Å².